The van der Waals surface area contributed by atoms with Crippen molar-refractivity contribution in [1.82, 2.24) is 18.8 Å². The number of pyridine rings is 2. The van der Waals surface area contributed by atoms with E-state index in [1.54, 1.807) is 125 Å². The maximum atomic E-state index is 12.9. The Morgan fingerprint density at radius 2 is 1.14 bits per heavy atom. The molecular weight excluding hydrogens is 1000 g/mol. The number of nitriles is 1. The molecule has 9 rings (SSSR count). The van der Waals surface area contributed by atoms with Gasteiger partial charge in [-0.25, -0.2) is 14.8 Å². The fraction of sp³-hybridized carbons (Fsp3) is 0.226. The number of halogens is 8. The van der Waals surface area contributed by atoms with Crippen molar-refractivity contribution < 1.29 is 50.5 Å². The average Bonchev–Trinajstić information content (AvgIpc) is 3.73. The highest BCUT2D eigenvalue weighted by Crippen LogP contribution is 2.49. The summed E-state index contributed by atoms with van der Waals surface area (Å²) in [6.45, 7) is 2.86. The number of aromatic carboxylic acids is 1. The molecule has 0 saturated heterocycles. The van der Waals surface area contributed by atoms with E-state index in [0.717, 1.165) is 24.0 Å². The third kappa shape index (κ3) is 12.8. The second kappa shape index (κ2) is 21.1. The number of nitrogens with one attached hydrogen (secondary N) is 2. The van der Waals surface area contributed by atoms with Gasteiger partial charge in [-0.3, -0.25) is 13.6 Å². The molecule has 0 atom stereocenters. The summed E-state index contributed by atoms with van der Waals surface area (Å²) in [4.78, 5) is 33.1. The first kappa shape index (κ1) is 51.6. The number of alkyl halides is 6. The summed E-state index contributed by atoms with van der Waals surface area (Å²) in [5.74, 6) is 0.543. The lowest BCUT2D eigenvalue weighted by atomic mass is 9.93. The van der Waals surface area contributed by atoms with Gasteiger partial charge in [0.2, 0.25) is 0 Å². The molecule has 1 aliphatic carbocycles. The molecule has 73 heavy (non-hydrogen) atoms. The molecule has 0 spiro atoms. The van der Waals surface area contributed by atoms with E-state index < -0.39 is 36.6 Å². The van der Waals surface area contributed by atoms with Gasteiger partial charge in [-0.05, 0) is 92.4 Å². The third-order valence-electron chi connectivity index (χ3n) is 11.8. The van der Waals surface area contributed by atoms with Crippen molar-refractivity contribution in [3.63, 3.8) is 0 Å². The number of Topliss-reactive ketones (excluding diaryl/α,β-unsaturated/α-hetero) is 1. The second-order valence-electron chi connectivity index (χ2n) is 17.4. The van der Waals surface area contributed by atoms with Crippen LogP contribution in [-0.2, 0) is 0 Å². The van der Waals surface area contributed by atoms with Crippen LogP contribution in [-0.4, -0.2) is 61.1 Å². The van der Waals surface area contributed by atoms with Crippen molar-refractivity contribution in [2.75, 3.05) is 23.7 Å². The van der Waals surface area contributed by atoms with Gasteiger partial charge >= 0.3 is 18.3 Å². The van der Waals surface area contributed by atoms with E-state index in [-0.39, 0.29) is 30.9 Å². The molecule has 12 nitrogen and oxygen atoms in total. The summed E-state index contributed by atoms with van der Waals surface area (Å²) < 4.78 is 91.8. The SMILES string of the molecule is Cc1cc(-c2cnc3c(NCCC(F)(F)F)cc(Oc4cccc(Cl)c4)cn23)ccc1C(=O)CC1(C#N)CC1.Cc1cc(-c2cnc3c(NCCC(F)(F)F)cc(Oc4cccc(Cl)c4)cn23)ccc1C(=O)O. The zero-order valence-electron chi connectivity index (χ0n) is 38.8. The number of carbonyl (C=O) groups excluding carboxylic acids is 1. The predicted molar refractivity (Wildman–Crippen MR) is 265 cm³/mol. The second-order valence-corrected chi connectivity index (χ2v) is 18.3. The van der Waals surface area contributed by atoms with Crippen LogP contribution in [0.15, 0.2) is 122 Å². The topological polar surface area (TPSA) is 155 Å². The maximum absolute atomic E-state index is 12.9. The number of imidazole rings is 2. The first-order chi connectivity index (χ1) is 34.7. The molecule has 4 aromatic carbocycles. The van der Waals surface area contributed by atoms with E-state index in [1.165, 1.54) is 6.07 Å². The fourth-order valence-electron chi connectivity index (χ4n) is 8.01. The molecule has 1 aliphatic rings. The van der Waals surface area contributed by atoms with E-state index in [4.69, 9.17) is 32.7 Å². The number of hydrogen-bond acceptors (Lipinski definition) is 9. The lowest BCUT2D eigenvalue weighted by Gasteiger charge is -2.14. The largest absolute Gasteiger partial charge is 0.478 e. The molecule has 0 unspecified atom stereocenters. The Morgan fingerprint density at radius 3 is 1.52 bits per heavy atom. The summed E-state index contributed by atoms with van der Waals surface area (Å²) in [6.07, 6.45) is -2.38. The van der Waals surface area contributed by atoms with Gasteiger partial charge in [0.15, 0.2) is 17.1 Å². The minimum Gasteiger partial charge on any atom is -0.478 e. The van der Waals surface area contributed by atoms with Crippen LogP contribution in [0.5, 0.6) is 23.0 Å². The van der Waals surface area contributed by atoms with Crippen molar-refractivity contribution in [2.45, 2.75) is 58.3 Å². The monoisotopic (exact) mass is 1040 g/mol. The number of anilines is 2. The number of aromatic nitrogens is 4. The first-order valence-electron chi connectivity index (χ1n) is 22.6. The molecule has 4 aromatic heterocycles. The van der Waals surface area contributed by atoms with Gasteiger partial charge in [-0.15, -0.1) is 0 Å². The molecule has 1 saturated carbocycles. The van der Waals surface area contributed by atoms with E-state index in [1.807, 2.05) is 13.0 Å². The van der Waals surface area contributed by atoms with E-state index >= 15 is 0 Å². The number of nitrogens with zero attached hydrogens (tertiary/aromatic N) is 5. The van der Waals surface area contributed by atoms with Crippen LogP contribution in [0, 0.1) is 30.6 Å². The highest BCUT2D eigenvalue weighted by molar-refractivity contribution is 6.31. The molecule has 8 aromatic rings. The number of benzene rings is 4. The Kier molecular flexibility index (Phi) is 14.9. The minimum atomic E-state index is -4.30. The normalized spacial score (nSPS) is 12.9. The van der Waals surface area contributed by atoms with Gasteiger partial charge in [0.1, 0.15) is 23.0 Å². The highest BCUT2D eigenvalue weighted by atomic mass is 35.5. The third-order valence-corrected chi connectivity index (χ3v) is 12.3. The Balaban J connectivity index is 0.000000197. The van der Waals surface area contributed by atoms with Crippen LogP contribution >= 0.6 is 23.2 Å². The standard InChI is InChI=1S/C29H24ClF3N4O2.C24H19ClF3N3O3/c1-18-11-19(5-6-23(18)26(38)14-28(17-34)7-8-28)25-15-36-27-24(35-10-9-29(31,32)33)13-22(16-37(25)27)39-21-4-2-3-20(30)12-21;1-14-9-15(5-6-19(14)23(32)33)21-12-30-22-20(29-8-7-24(26,27)28)11-18(13-31(21)22)34-17-4-2-3-16(25)10-17/h2-6,11-13,15-16,35H,7-10,14H2,1H3;2-6,9-13,29H,7-8H2,1H3,(H,32,33). The molecule has 1 fully saturated rings. The lowest BCUT2D eigenvalue weighted by molar-refractivity contribution is -0.132. The quantitative estimate of drug-likeness (QED) is 0.0629. The molecule has 0 aliphatic heterocycles. The van der Waals surface area contributed by atoms with E-state index in [9.17, 15) is 46.3 Å². The average molecular weight is 1040 g/mol. The van der Waals surface area contributed by atoms with Crippen molar-refractivity contribution >= 4 is 57.6 Å². The molecule has 0 amide bonds. The van der Waals surface area contributed by atoms with Crippen LogP contribution in [0.4, 0.5) is 37.7 Å². The van der Waals surface area contributed by atoms with Crippen LogP contribution in [0.3, 0.4) is 0 Å². The maximum Gasteiger partial charge on any atom is 0.390 e. The summed E-state index contributed by atoms with van der Waals surface area (Å²) in [5, 5.41) is 25.2. The molecule has 4 heterocycles. The van der Waals surface area contributed by atoms with Gasteiger partial charge in [0.05, 0.1) is 77.4 Å². The smallest absolute Gasteiger partial charge is 0.390 e. The molecule has 0 bridgehead atoms. The van der Waals surface area contributed by atoms with Crippen LogP contribution < -0.4 is 20.1 Å². The fourth-order valence-corrected chi connectivity index (χ4v) is 8.38. The molecule has 0 radical (unpaired) electrons. The Hall–Kier alpha value is -7.75. The summed E-state index contributed by atoms with van der Waals surface area (Å²) in [6, 6.07) is 29.2. The van der Waals surface area contributed by atoms with Crippen molar-refractivity contribution in [3.8, 4) is 51.6 Å². The number of hydrogen-bond donors (Lipinski definition) is 3. The number of ketones is 1. The number of fused-ring (bicyclic) bond motifs is 2. The van der Waals surface area contributed by atoms with Crippen LogP contribution in [0.2, 0.25) is 10.0 Å². The number of rotatable bonds is 16. The molecule has 20 heteroatoms. The van der Waals surface area contributed by atoms with Crippen molar-refractivity contribution in [2.24, 2.45) is 5.41 Å². The Bertz CT molecular complexity index is 3420. The zero-order chi connectivity index (χ0) is 52.2. The van der Waals surface area contributed by atoms with Gasteiger partial charge in [-0.2, -0.15) is 31.6 Å². The molecule has 3 N–H and O–H groups in total. The van der Waals surface area contributed by atoms with Crippen molar-refractivity contribution in [3.05, 3.63) is 154 Å². The van der Waals surface area contributed by atoms with Crippen LogP contribution in [0.25, 0.3) is 33.8 Å². The first-order valence-corrected chi connectivity index (χ1v) is 23.3. The van der Waals surface area contributed by atoms with Gasteiger partial charge in [-0.1, -0.05) is 53.5 Å². The Labute approximate surface area is 423 Å². The predicted octanol–water partition coefficient (Wildman–Crippen LogP) is 14.8. The van der Waals surface area contributed by atoms with Gasteiger partial charge in [0, 0.05) is 58.4 Å². The summed E-state index contributed by atoms with van der Waals surface area (Å²) in [5.41, 5.74) is 5.83. The van der Waals surface area contributed by atoms with E-state index in [0.29, 0.717) is 83.8 Å². The minimum absolute atomic E-state index is 0.0652. The van der Waals surface area contributed by atoms with E-state index in [2.05, 4.69) is 26.7 Å². The zero-order valence-corrected chi connectivity index (χ0v) is 40.3. The van der Waals surface area contributed by atoms with Crippen molar-refractivity contribution in [1.29, 1.82) is 5.26 Å². The number of carboxylic acid groups (broad SMARTS) is 1. The van der Waals surface area contributed by atoms with Gasteiger partial charge < -0.3 is 25.2 Å². The summed E-state index contributed by atoms with van der Waals surface area (Å²) >= 11 is 12.1. The highest BCUT2D eigenvalue weighted by Gasteiger charge is 2.45. The number of aryl methyl sites for hydroxylation is 2. The Morgan fingerprint density at radius 1 is 0.685 bits per heavy atom. The molecular formula is C53H43Cl2F6N7O5. The number of ether oxygens (including phenoxy) is 2. The van der Waals surface area contributed by atoms with Gasteiger partial charge in [0.25, 0.3) is 0 Å². The number of carboxylic acids is 1. The lowest BCUT2D eigenvalue weighted by Crippen LogP contribution is -2.15. The van der Waals surface area contributed by atoms with Crippen LogP contribution in [0.1, 0.15) is 63.9 Å². The summed E-state index contributed by atoms with van der Waals surface area (Å²) in [7, 11) is 0. The molecule has 376 valence electrons. The number of carbonyl (C=O) groups is 2.